The highest BCUT2D eigenvalue weighted by molar-refractivity contribution is 7.88. The Balaban J connectivity index is 1.19. The van der Waals surface area contributed by atoms with E-state index in [2.05, 4.69) is 40.1 Å². The van der Waals surface area contributed by atoms with Crippen molar-refractivity contribution in [3.8, 4) is 5.88 Å². The van der Waals surface area contributed by atoms with Gasteiger partial charge in [0.05, 0.1) is 18.0 Å². The van der Waals surface area contributed by atoms with Gasteiger partial charge in [-0.2, -0.15) is 19.6 Å². The number of imidazole rings is 1. The molecule has 204 valence electrons. The van der Waals surface area contributed by atoms with Crippen LogP contribution in [-0.4, -0.2) is 61.2 Å². The third-order valence-corrected chi connectivity index (χ3v) is 8.27. The SMILES string of the molecule is O=c1[nH]c(O)c(C=c2cnn3c(=NC4CC4)nc(NC4CCC(NS(=O)(=O)Cc5ccccc5)CC4)nc23)[nH]1. The Labute approximate surface area is 223 Å². The molecule has 2 fully saturated rings. The van der Waals surface area contributed by atoms with Gasteiger partial charge >= 0.3 is 5.69 Å². The van der Waals surface area contributed by atoms with Gasteiger partial charge in [-0.15, -0.1) is 0 Å². The minimum absolute atomic E-state index is 0.0355. The molecule has 1 aromatic carbocycles. The van der Waals surface area contributed by atoms with Gasteiger partial charge in [-0.3, -0.25) is 4.98 Å². The fourth-order valence-electron chi connectivity index (χ4n) is 4.77. The Morgan fingerprint density at radius 2 is 1.79 bits per heavy atom. The van der Waals surface area contributed by atoms with Gasteiger partial charge in [-0.05, 0) is 50.2 Å². The number of hydrogen-bond acceptors (Lipinski definition) is 9. The highest BCUT2D eigenvalue weighted by Crippen LogP contribution is 2.23. The van der Waals surface area contributed by atoms with Crippen LogP contribution in [0.2, 0.25) is 0 Å². The standard InChI is InChI=1S/C25H29N9O4S/c35-22-20(29-25(36)31-22)12-16-13-26-34-21(16)30-23(32-24(34)28-18-6-7-18)27-17-8-10-19(11-9-17)33-39(37,38)14-15-4-2-1-3-5-15/h1-5,12-13,17-19,33,35H,6-11,14H2,(H,27,28,32)(H2,29,31,36). The first-order valence-corrected chi connectivity index (χ1v) is 14.6. The molecule has 2 aliphatic carbocycles. The second-order valence-corrected chi connectivity index (χ2v) is 11.8. The molecule has 0 atom stereocenters. The van der Waals surface area contributed by atoms with E-state index in [1.165, 1.54) is 0 Å². The predicted octanol–water partition coefficient (Wildman–Crippen LogP) is 0.300. The average molecular weight is 552 g/mol. The van der Waals surface area contributed by atoms with Crippen LogP contribution in [0.4, 0.5) is 5.95 Å². The van der Waals surface area contributed by atoms with Gasteiger partial charge < -0.3 is 15.4 Å². The van der Waals surface area contributed by atoms with Gasteiger partial charge in [-0.1, -0.05) is 30.3 Å². The topological polar surface area (TPSA) is 183 Å². The van der Waals surface area contributed by atoms with E-state index in [0.29, 0.717) is 35.3 Å². The molecule has 6 rings (SSSR count). The Morgan fingerprint density at radius 1 is 1.05 bits per heavy atom. The second kappa shape index (κ2) is 10.3. The minimum Gasteiger partial charge on any atom is -0.493 e. The van der Waals surface area contributed by atoms with Gasteiger partial charge in [-0.25, -0.2) is 22.9 Å². The maximum Gasteiger partial charge on any atom is 0.326 e. The molecule has 3 aromatic heterocycles. The first-order chi connectivity index (χ1) is 18.8. The number of benzene rings is 1. The Kier molecular flexibility index (Phi) is 6.64. The molecule has 3 heterocycles. The highest BCUT2D eigenvalue weighted by atomic mass is 32.2. The molecule has 2 saturated carbocycles. The first-order valence-electron chi connectivity index (χ1n) is 12.9. The molecule has 39 heavy (non-hydrogen) atoms. The molecule has 5 N–H and O–H groups in total. The van der Waals surface area contributed by atoms with Gasteiger partial charge in [0.1, 0.15) is 5.69 Å². The molecular formula is C25H29N9O4S. The summed E-state index contributed by atoms with van der Waals surface area (Å²) in [5.41, 5.74) is 1.37. The van der Waals surface area contributed by atoms with E-state index in [1.807, 2.05) is 30.3 Å². The number of aromatic amines is 2. The fraction of sp³-hybridized carbons (Fsp3) is 0.400. The predicted molar refractivity (Wildman–Crippen MR) is 143 cm³/mol. The summed E-state index contributed by atoms with van der Waals surface area (Å²) in [5, 5.41) is 18.3. The summed E-state index contributed by atoms with van der Waals surface area (Å²) in [6.07, 6.45) is 8.04. The van der Waals surface area contributed by atoms with E-state index >= 15 is 0 Å². The van der Waals surface area contributed by atoms with Crippen LogP contribution in [0.1, 0.15) is 49.8 Å². The number of rotatable bonds is 8. The lowest BCUT2D eigenvalue weighted by molar-refractivity contribution is 0.386. The maximum atomic E-state index is 12.7. The van der Waals surface area contributed by atoms with Gasteiger partial charge in [0.15, 0.2) is 5.65 Å². The molecule has 0 aliphatic heterocycles. The second-order valence-electron chi connectivity index (χ2n) is 10.1. The Hall–Kier alpha value is -4.04. The number of hydrogen-bond donors (Lipinski definition) is 5. The largest absolute Gasteiger partial charge is 0.493 e. The third kappa shape index (κ3) is 6.01. The number of anilines is 1. The monoisotopic (exact) mass is 551 g/mol. The van der Waals surface area contributed by atoms with E-state index in [0.717, 1.165) is 31.2 Å². The van der Waals surface area contributed by atoms with Crippen LogP contribution >= 0.6 is 0 Å². The molecule has 0 saturated heterocycles. The van der Waals surface area contributed by atoms with Crippen LogP contribution in [0.3, 0.4) is 0 Å². The molecule has 0 amide bonds. The van der Waals surface area contributed by atoms with Crippen molar-refractivity contribution >= 4 is 27.7 Å². The molecular weight excluding hydrogens is 522 g/mol. The van der Waals surface area contributed by atoms with E-state index in [-0.39, 0.29) is 35.5 Å². The van der Waals surface area contributed by atoms with Crippen molar-refractivity contribution < 1.29 is 13.5 Å². The van der Waals surface area contributed by atoms with Crippen molar-refractivity contribution in [2.24, 2.45) is 4.99 Å². The molecule has 0 radical (unpaired) electrons. The lowest BCUT2D eigenvalue weighted by Gasteiger charge is -2.29. The van der Waals surface area contributed by atoms with Crippen LogP contribution in [0.15, 0.2) is 46.3 Å². The number of aromatic hydroxyl groups is 1. The molecule has 0 spiro atoms. The van der Waals surface area contributed by atoms with Gasteiger partial charge in [0.2, 0.25) is 21.9 Å². The van der Waals surface area contributed by atoms with E-state index < -0.39 is 15.7 Å². The van der Waals surface area contributed by atoms with Crippen molar-refractivity contribution in [2.75, 3.05) is 5.32 Å². The lowest BCUT2D eigenvalue weighted by Crippen LogP contribution is -2.41. The summed E-state index contributed by atoms with van der Waals surface area (Å²) in [7, 11) is -3.43. The van der Waals surface area contributed by atoms with Crippen LogP contribution in [0.5, 0.6) is 5.88 Å². The van der Waals surface area contributed by atoms with Gasteiger partial charge in [0, 0.05) is 17.3 Å². The third-order valence-electron chi connectivity index (χ3n) is 6.86. The molecule has 0 bridgehead atoms. The normalized spacial score (nSPS) is 21.0. The van der Waals surface area contributed by atoms with Crippen molar-refractivity contribution in [1.29, 1.82) is 0 Å². The summed E-state index contributed by atoms with van der Waals surface area (Å²) in [6, 6.07) is 9.31. The summed E-state index contributed by atoms with van der Waals surface area (Å²) in [4.78, 5) is 30.3. The molecule has 0 unspecified atom stereocenters. The van der Waals surface area contributed by atoms with E-state index in [1.54, 1.807) is 16.8 Å². The number of nitrogens with zero attached hydrogens (tertiary/aromatic N) is 5. The minimum atomic E-state index is -3.43. The fourth-order valence-corrected chi connectivity index (χ4v) is 6.23. The van der Waals surface area contributed by atoms with Crippen molar-refractivity contribution in [3.63, 3.8) is 0 Å². The lowest BCUT2D eigenvalue weighted by atomic mass is 9.92. The Bertz CT molecular complexity index is 1770. The summed E-state index contributed by atoms with van der Waals surface area (Å²) < 4.78 is 29.7. The van der Waals surface area contributed by atoms with E-state index in [4.69, 9.17) is 0 Å². The molecule has 4 aromatic rings. The number of sulfonamides is 1. The van der Waals surface area contributed by atoms with Crippen molar-refractivity contribution in [3.05, 3.63) is 69.1 Å². The zero-order valence-corrected chi connectivity index (χ0v) is 21.9. The molecule has 2 aliphatic rings. The van der Waals surface area contributed by atoms with Gasteiger partial charge in [0.25, 0.3) is 5.62 Å². The highest BCUT2D eigenvalue weighted by Gasteiger charge is 2.26. The zero-order valence-electron chi connectivity index (χ0n) is 21.0. The van der Waals surface area contributed by atoms with Crippen molar-refractivity contribution in [2.45, 2.75) is 62.4 Å². The quantitative estimate of drug-likeness (QED) is 0.207. The number of H-pyrrole nitrogens is 2. The summed E-state index contributed by atoms with van der Waals surface area (Å²) in [5.74, 6) is 0.0921. The van der Waals surface area contributed by atoms with E-state index in [9.17, 15) is 18.3 Å². The first kappa shape index (κ1) is 25.2. The van der Waals surface area contributed by atoms with Crippen LogP contribution in [0.25, 0.3) is 11.7 Å². The molecule has 13 nitrogen and oxygen atoms in total. The Morgan fingerprint density at radius 3 is 2.49 bits per heavy atom. The van der Waals surface area contributed by atoms with Crippen LogP contribution in [0, 0.1) is 0 Å². The molecule has 14 heteroatoms. The smallest absolute Gasteiger partial charge is 0.326 e. The number of fused-ring (bicyclic) bond motifs is 1. The summed E-state index contributed by atoms with van der Waals surface area (Å²) >= 11 is 0. The zero-order chi connectivity index (χ0) is 27.0. The number of aromatic nitrogens is 6. The van der Waals surface area contributed by atoms with Crippen LogP contribution in [-0.2, 0) is 15.8 Å². The van der Waals surface area contributed by atoms with Crippen LogP contribution < -0.4 is 26.6 Å². The van der Waals surface area contributed by atoms with Crippen molar-refractivity contribution in [1.82, 2.24) is 34.3 Å². The summed E-state index contributed by atoms with van der Waals surface area (Å²) in [6.45, 7) is 0. The average Bonchev–Trinajstić information content (AvgIpc) is 3.53. The maximum absolute atomic E-state index is 12.7. The number of nitrogens with one attached hydrogen (secondary N) is 4.